The zero-order valence-electron chi connectivity index (χ0n) is 13.9. The van der Waals surface area contributed by atoms with Crippen molar-refractivity contribution in [1.29, 1.82) is 0 Å². The molecule has 142 valence electrons. The topological polar surface area (TPSA) is 70.8 Å². The van der Waals surface area contributed by atoms with E-state index in [1.165, 1.54) is 4.31 Å². The molecular formula is C15H21F3N2O4S. The first-order valence-corrected chi connectivity index (χ1v) is 9.55. The molecule has 10 heteroatoms. The number of alkyl halides is 3. The lowest BCUT2D eigenvalue weighted by Gasteiger charge is -2.24. The molecule has 1 aromatic heterocycles. The Balaban J connectivity index is 2.19. The summed E-state index contributed by atoms with van der Waals surface area (Å²) < 4.78 is 69.2. The van der Waals surface area contributed by atoms with Gasteiger partial charge in [0.05, 0.1) is 0 Å². The first-order valence-electron chi connectivity index (χ1n) is 8.11. The number of furan rings is 1. The number of hydrogen-bond acceptors (Lipinski definition) is 4. The molecule has 0 N–H and O–H groups in total. The second-order valence-electron chi connectivity index (χ2n) is 5.93. The van der Waals surface area contributed by atoms with Gasteiger partial charge in [-0.05, 0) is 31.4 Å². The summed E-state index contributed by atoms with van der Waals surface area (Å²) in [5.41, 5.74) is 0. The SMILES string of the molecule is CCCN(CC(F)(F)F)C(=O)c1ccc(S(=O)(=O)N2CCCCC2)o1. The zero-order chi connectivity index (χ0) is 18.7. The Labute approximate surface area is 144 Å². The quantitative estimate of drug-likeness (QED) is 0.759. The van der Waals surface area contributed by atoms with E-state index in [2.05, 4.69) is 0 Å². The van der Waals surface area contributed by atoms with Crippen molar-refractivity contribution in [2.45, 2.75) is 43.9 Å². The minimum absolute atomic E-state index is 0.104. The van der Waals surface area contributed by atoms with Crippen molar-refractivity contribution < 1.29 is 30.8 Å². The number of piperidine rings is 1. The number of carbonyl (C=O) groups is 1. The summed E-state index contributed by atoms with van der Waals surface area (Å²) >= 11 is 0. The molecule has 2 rings (SSSR count). The summed E-state index contributed by atoms with van der Waals surface area (Å²) in [7, 11) is -3.87. The van der Waals surface area contributed by atoms with Gasteiger partial charge < -0.3 is 9.32 Å². The molecule has 6 nitrogen and oxygen atoms in total. The van der Waals surface area contributed by atoms with Crippen LogP contribution in [0.15, 0.2) is 21.6 Å². The van der Waals surface area contributed by atoms with Crippen LogP contribution in [0.2, 0.25) is 0 Å². The van der Waals surface area contributed by atoms with Crippen LogP contribution in [0.25, 0.3) is 0 Å². The highest BCUT2D eigenvalue weighted by molar-refractivity contribution is 7.89. The van der Waals surface area contributed by atoms with Gasteiger partial charge in [0, 0.05) is 19.6 Å². The molecular weight excluding hydrogens is 361 g/mol. The summed E-state index contributed by atoms with van der Waals surface area (Å²) in [6.45, 7) is 0.859. The van der Waals surface area contributed by atoms with Gasteiger partial charge in [0.25, 0.3) is 15.9 Å². The third-order valence-electron chi connectivity index (χ3n) is 3.85. The first-order chi connectivity index (χ1) is 11.6. The van der Waals surface area contributed by atoms with E-state index in [9.17, 15) is 26.4 Å². The molecule has 0 unspecified atom stereocenters. The fourth-order valence-corrected chi connectivity index (χ4v) is 4.13. The van der Waals surface area contributed by atoms with Crippen LogP contribution in [-0.2, 0) is 10.0 Å². The lowest BCUT2D eigenvalue weighted by molar-refractivity contribution is -0.140. The Morgan fingerprint density at radius 3 is 2.44 bits per heavy atom. The number of hydrogen-bond donors (Lipinski definition) is 0. The van der Waals surface area contributed by atoms with Gasteiger partial charge in [-0.25, -0.2) is 8.42 Å². The molecule has 25 heavy (non-hydrogen) atoms. The fourth-order valence-electron chi connectivity index (χ4n) is 2.70. The fraction of sp³-hybridized carbons (Fsp3) is 0.667. The molecule has 1 fully saturated rings. The van der Waals surface area contributed by atoms with Crippen molar-refractivity contribution in [3.63, 3.8) is 0 Å². The zero-order valence-corrected chi connectivity index (χ0v) is 14.7. The molecule has 0 atom stereocenters. The van der Waals surface area contributed by atoms with E-state index in [1.807, 2.05) is 0 Å². The van der Waals surface area contributed by atoms with E-state index in [0.717, 1.165) is 31.4 Å². The Kier molecular flexibility index (Phi) is 6.15. The Bertz CT molecular complexity index is 694. The summed E-state index contributed by atoms with van der Waals surface area (Å²) in [6.07, 6.45) is -1.79. The van der Waals surface area contributed by atoms with Crippen LogP contribution in [0.1, 0.15) is 43.2 Å². The average molecular weight is 382 g/mol. The Morgan fingerprint density at radius 2 is 1.88 bits per heavy atom. The third-order valence-corrected chi connectivity index (χ3v) is 5.63. The van der Waals surface area contributed by atoms with Crippen LogP contribution < -0.4 is 0 Å². The second-order valence-corrected chi connectivity index (χ2v) is 7.79. The molecule has 0 bridgehead atoms. The van der Waals surface area contributed by atoms with Gasteiger partial charge in [-0.3, -0.25) is 4.79 Å². The van der Waals surface area contributed by atoms with Crippen LogP contribution in [0.4, 0.5) is 13.2 Å². The summed E-state index contributed by atoms with van der Waals surface area (Å²) in [5.74, 6) is -1.38. The molecule has 1 saturated heterocycles. The van der Waals surface area contributed by atoms with E-state index in [0.29, 0.717) is 24.4 Å². The van der Waals surface area contributed by atoms with Gasteiger partial charge in [0.1, 0.15) is 6.54 Å². The predicted octanol–water partition coefficient (Wildman–Crippen LogP) is 2.87. The van der Waals surface area contributed by atoms with Gasteiger partial charge in [0.2, 0.25) is 5.09 Å². The van der Waals surface area contributed by atoms with Gasteiger partial charge in [0.15, 0.2) is 5.76 Å². The van der Waals surface area contributed by atoms with Crippen LogP contribution >= 0.6 is 0 Å². The van der Waals surface area contributed by atoms with Gasteiger partial charge in [-0.2, -0.15) is 17.5 Å². The maximum atomic E-state index is 12.6. The molecule has 1 aliphatic rings. The molecule has 0 spiro atoms. The van der Waals surface area contributed by atoms with Crippen molar-refractivity contribution in [1.82, 2.24) is 9.21 Å². The molecule has 1 aromatic rings. The first kappa shape index (κ1) is 19.8. The van der Waals surface area contributed by atoms with E-state index >= 15 is 0 Å². The van der Waals surface area contributed by atoms with Crippen molar-refractivity contribution >= 4 is 15.9 Å². The number of rotatable bonds is 6. The number of amides is 1. The monoisotopic (exact) mass is 382 g/mol. The minimum Gasteiger partial charge on any atom is -0.438 e. The Hall–Kier alpha value is -1.55. The third kappa shape index (κ3) is 4.97. The van der Waals surface area contributed by atoms with E-state index in [4.69, 9.17) is 4.42 Å². The molecule has 0 radical (unpaired) electrons. The van der Waals surface area contributed by atoms with E-state index < -0.39 is 39.5 Å². The smallest absolute Gasteiger partial charge is 0.406 e. The van der Waals surface area contributed by atoms with Crippen LogP contribution in [0, 0.1) is 0 Å². The molecule has 1 amide bonds. The lowest BCUT2D eigenvalue weighted by Crippen LogP contribution is -2.39. The van der Waals surface area contributed by atoms with Gasteiger partial charge in [-0.15, -0.1) is 0 Å². The number of carbonyl (C=O) groups excluding carboxylic acids is 1. The van der Waals surface area contributed by atoms with Crippen molar-refractivity contribution in [3.05, 3.63) is 17.9 Å². The van der Waals surface area contributed by atoms with Crippen LogP contribution in [0.5, 0.6) is 0 Å². The maximum absolute atomic E-state index is 12.6. The number of halogens is 3. The van der Waals surface area contributed by atoms with Crippen molar-refractivity contribution in [3.8, 4) is 0 Å². The van der Waals surface area contributed by atoms with Crippen molar-refractivity contribution in [2.24, 2.45) is 0 Å². The minimum atomic E-state index is -4.54. The highest BCUT2D eigenvalue weighted by Crippen LogP contribution is 2.24. The molecule has 0 saturated carbocycles. The largest absolute Gasteiger partial charge is 0.438 e. The lowest BCUT2D eigenvalue weighted by atomic mass is 10.2. The molecule has 0 aliphatic carbocycles. The highest BCUT2D eigenvalue weighted by atomic mass is 32.2. The Morgan fingerprint density at radius 1 is 1.24 bits per heavy atom. The molecule has 0 aromatic carbocycles. The predicted molar refractivity (Wildman–Crippen MR) is 83.6 cm³/mol. The van der Waals surface area contributed by atoms with Crippen LogP contribution in [0.3, 0.4) is 0 Å². The summed E-state index contributed by atoms with van der Waals surface area (Å²) in [4.78, 5) is 12.9. The van der Waals surface area contributed by atoms with E-state index in [-0.39, 0.29) is 6.54 Å². The summed E-state index contributed by atoms with van der Waals surface area (Å²) in [6, 6.07) is 2.23. The average Bonchev–Trinajstić information content (AvgIpc) is 3.04. The number of sulfonamides is 1. The maximum Gasteiger partial charge on any atom is 0.406 e. The standard InChI is InChI=1S/C15H21F3N2O4S/c1-2-8-19(11-15(16,17)18)14(21)12-6-7-13(24-12)25(22,23)20-9-4-3-5-10-20/h6-7H,2-5,8-11H2,1H3. The van der Waals surface area contributed by atoms with Crippen molar-refractivity contribution in [2.75, 3.05) is 26.2 Å². The van der Waals surface area contributed by atoms with Gasteiger partial charge >= 0.3 is 6.18 Å². The number of nitrogens with zero attached hydrogens (tertiary/aromatic N) is 2. The normalized spacial score (nSPS) is 16.8. The highest BCUT2D eigenvalue weighted by Gasteiger charge is 2.35. The van der Waals surface area contributed by atoms with Crippen LogP contribution in [-0.4, -0.2) is 55.9 Å². The molecule has 1 aliphatic heterocycles. The van der Waals surface area contributed by atoms with Gasteiger partial charge in [-0.1, -0.05) is 13.3 Å². The van der Waals surface area contributed by atoms with E-state index in [1.54, 1.807) is 6.92 Å². The summed E-state index contributed by atoms with van der Waals surface area (Å²) in [5, 5.41) is -0.416. The molecule has 2 heterocycles. The second kappa shape index (κ2) is 7.77.